The highest BCUT2D eigenvalue weighted by Gasteiger charge is 2.28. The zero-order valence-electron chi connectivity index (χ0n) is 11.7. The Hall–Kier alpha value is -2.04. The average Bonchev–Trinajstić information content (AvgIpc) is 2.55. The van der Waals surface area contributed by atoms with Crippen molar-refractivity contribution in [2.24, 2.45) is 0 Å². The van der Waals surface area contributed by atoms with Crippen molar-refractivity contribution in [2.45, 2.75) is 6.04 Å². The van der Waals surface area contributed by atoms with Crippen LogP contribution in [0.3, 0.4) is 0 Å². The van der Waals surface area contributed by atoms with Crippen LogP contribution in [0.5, 0.6) is 0 Å². The van der Waals surface area contributed by atoms with Gasteiger partial charge in [0.2, 0.25) is 0 Å². The minimum Gasteiger partial charge on any atom is -0.314 e. The normalized spacial score (nSPS) is 18.2. The molecule has 0 amide bonds. The molecule has 104 valence electrons. The summed E-state index contributed by atoms with van der Waals surface area (Å²) >= 11 is 1.62. The Morgan fingerprint density at radius 3 is 2.76 bits per heavy atom. The van der Waals surface area contributed by atoms with Crippen LogP contribution in [0.1, 0.15) is 17.2 Å². The van der Waals surface area contributed by atoms with Gasteiger partial charge in [0.15, 0.2) is 0 Å². The number of aromatic nitrogens is 1. The van der Waals surface area contributed by atoms with E-state index < -0.39 is 0 Å². The smallest absolute Gasteiger partial charge is 0.0945 e. The molecule has 0 aliphatic carbocycles. The number of rotatable bonds is 1. The molecule has 1 aliphatic heterocycles. The van der Waals surface area contributed by atoms with Crippen LogP contribution in [0.2, 0.25) is 0 Å². The maximum atomic E-state index is 4.55. The van der Waals surface area contributed by atoms with Crippen molar-refractivity contribution in [2.75, 3.05) is 11.8 Å². The van der Waals surface area contributed by atoms with Crippen molar-refractivity contribution in [3.05, 3.63) is 71.9 Å². The van der Waals surface area contributed by atoms with Gasteiger partial charge in [-0.3, -0.25) is 4.98 Å². The van der Waals surface area contributed by atoms with Crippen molar-refractivity contribution < 1.29 is 0 Å². The summed E-state index contributed by atoms with van der Waals surface area (Å²) in [5, 5.41) is 1.17. The summed E-state index contributed by atoms with van der Waals surface area (Å²) < 4.78 is 5.68. The molecule has 0 fully saturated rings. The molecular weight excluding hydrogens is 278 g/mol. The molecule has 1 atom stereocenters. The highest BCUT2D eigenvalue weighted by atomic mass is 32.2. The van der Waals surface area contributed by atoms with Gasteiger partial charge in [0.25, 0.3) is 0 Å². The molecule has 1 N–H and O–H groups in total. The Balaban J connectivity index is 1.94. The second kappa shape index (κ2) is 5.06. The topological polar surface area (TPSA) is 28.2 Å². The molecule has 3 nitrogen and oxygen atoms in total. The molecule has 0 spiro atoms. The van der Waals surface area contributed by atoms with Gasteiger partial charge in [0, 0.05) is 36.3 Å². The Morgan fingerprint density at radius 2 is 1.90 bits per heavy atom. The molecule has 0 radical (unpaired) electrons. The summed E-state index contributed by atoms with van der Waals surface area (Å²) in [6, 6.07) is 19.3. The van der Waals surface area contributed by atoms with Crippen LogP contribution in [0, 0.1) is 0 Å². The highest BCUT2D eigenvalue weighted by molar-refractivity contribution is 7.98. The molecule has 2 heterocycles. The summed E-state index contributed by atoms with van der Waals surface area (Å²) in [5.41, 5.74) is 4.74. The number of hydrogen-bond acceptors (Lipinski definition) is 4. The maximum absolute atomic E-state index is 4.55. The lowest BCUT2D eigenvalue weighted by atomic mass is 9.96. The number of benzene rings is 2. The zero-order valence-corrected chi connectivity index (χ0v) is 12.5. The summed E-state index contributed by atoms with van der Waals surface area (Å²) in [7, 11) is 2.11. The lowest BCUT2D eigenvalue weighted by Crippen LogP contribution is -2.25. The van der Waals surface area contributed by atoms with Crippen LogP contribution in [0.25, 0.3) is 10.9 Å². The monoisotopic (exact) mass is 293 g/mol. The van der Waals surface area contributed by atoms with Crippen molar-refractivity contribution in [3.63, 3.8) is 0 Å². The summed E-state index contributed by atoms with van der Waals surface area (Å²) in [6.07, 6.45) is 1.85. The first-order valence-corrected chi connectivity index (χ1v) is 7.70. The fourth-order valence-electron chi connectivity index (χ4n) is 2.89. The quantitative estimate of drug-likeness (QED) is 0.679. The van der Waals surface area contributed by atoms with E-state index in [1.165, 1.54) is 16.5 Å². The van der Waals surface area contributed by atoms with Crippen LogP contribution in [0.15, 0.2) is 60.8 Å². The Kier molecular flexibility index (Phi) is 3.05. The van der Waals surface area contributed by atoms with E-state index >= 15 is 0 Å². The number of nitrogens with zero attached hydrogens (tertiary/aromatic N) is 2. The van der Waals surface area contributed by atoms with Gasteiger partial charge >= 0.3 is 0 Å². The molecule has 4 heteroatoms. The third-order valence-corrected chi connectivity index (χ3v) is 4.67. The number of anilines is 1. The van der Waals surface area contributed by atoms with Gasteiger partial charge in [-0.2, -0.15) is 0 Å². The van der Waals surface area contributed by atoms with E-state index in [-0.39, 0.29) is 6.04 Å². The van der Waals surface area contributed by atoms with Crippen LogP contribution in [0.4, 0.5) is 5.69 Å². The highest BCUT2D eigenvalue weighted by Crippen LogP contribution is 2.43. The largest absolute Gasteiger partial charge is 0.314 e. The van der Waals surface area contributed by atoms with E-state index in [9.17, 15) is 0 Å². The standard InChI is InChI=1S/C17H15N3S/c1-20-17(13-6-3-2-4-7-13)14-10-9-12-8-5-11-18-15(12)16(14)19-21-20/h2-11,17,19H,1H3. The van der Waals surface area contributed by atoms with Crippen LogP contribution in [-0.2, 0) is 0 Å². The van der Waals surface area contributed by atoms with Gasteiger partial charge in [-0.15, -0.1) is 0 Å². The molecule has 3 aromatic rings. The fraction of sp³-hybridized carbons (Fsp3) is 0.118. The summed E-state index contributed by atoms with van der Waals surface area (Å²) in [4.78, 5) is 4.55. The second-order valence-electron chi connectivity index (χ2n) is 5.16. The van der Waals surface area contributed by atoms with E-state index in [1.807, 2.05) is 12.3 Å². The van der Waals surface area contributed by atoms with Gasteiger partial charge < -0.3 is 4.72 Å². The number of hydrogen-bond donors (Lipinski definition) is 1. The Bertz CT molecular complexity index is 788. The van der Waals surface area contributed by atoms with Crippen molar-refractivity contribution in [1.29, 1.82) is 0 Å². The summed E-state index contributed by atoms with van der Waals surface area (Å²) in [5.74, 6) is 0. The molecule has 4 rings (SSSR count). The zero-order chi connectivity index (χ0) is 14.2. The third-order valence-electron chi connectivity index (χ3n) is 3.87. The van der Waals surface area contributed by atoms with Gasteiger partial charge in [-0.05, 0) is 11.6 Å². The van der Waals surface area contributed by atoms with Crippen LogP contribution < -0.4 is 4.72 Å². The first kappa shape index (κ1) is 12.7. The van der Waals surface area contributed by atoms with Crippen LogP contribution >= 0.6 is 12.1 Å². The van der Waals surface area contributed by atoms with Gasteiger partial charge in [0.1, 0.15) is 0 Å². The van der Waals surface area contributed by atoms with Crippen molar-refractivity contribution in [1.82, 2.24) is 9.29 Å². The SMILES string of the molecule is CN1SNc2c(ccc3cccnc23)C1c1ccccc1. The van der Waals surface area contributed by atoms with Gasteiger partial charge in [0.05, 0.1) is 17.2 Å². The number of nitrogens with one attached hydrogen (secondary N) is 1. The first-order valence-electron chi connectivity index (χ1n) is 6.93. The van der Waals surface area contributed by atoms with Crippen LogP contribution in [-0.4, -0.2) is 16.3 Å². The Labute approximate surface area is 128 Å². The van der Waals surface area contributed by atoms with Gasteiger partial charge in [-0.25, -0.2) is 4.31 Å². The molecule has 21 heavy (non-hydrogen) atoms. The predicted molar refractivity (Wildman–Crippen MR) is 89.0 cm³/mol. The molecule has 1 aliphatic rings. The number of fused-ring (bicyclic) bond motifs is 3. The van der Waals surface area contributed by atoms with Crippen molar-refractivity contribution >= 4 is 28.7 Å². The minimum absolute atomic E-state index is 0.235. The molecule has 1 unspecified atom stereocenters. The number of pyridine rings is 1. The van der Waals surface area contributed by atoms with E-state index in [2.05, 4.69) is 69.6 Å². The lowest BCUT2D eigenvalue weighted by molar-refractivity contribution is 0.479. The van der Waals surface area contributed by atoms with Gasteiger partial charge in [-0.1, -0.05) is 48.5 Å². The third kappa shape index (κ3) is 2.07. The van der Waals surface area contributed by atoms with E-state index in [0.717, 1.165) is 11.2 Å². The second-order valence-corrected chi connectivity index (χ2v) is 6.12. The first-order chi connectivity index (χ1) is 10.3. The Morgan fingerprint density at radius 1 is 1.05 bits per heavy atom. The van der Waals surface area contributed by atoms with E-state index in [0.29, 0.717) is 0 Å². The molecule has 0 saturated heterocycles. The average molecular weight is 293 g/mol. The van der Waals surface area contributed by atoms with Crippen molar-refractivity contribution in [3.8, 4) is 0 Å². The predicted octanol–water partition coefficient (Wildman–Crippen LogP) is 4.24. The van der Waals surface area contributed by atoms with E-state index in [4.69, 9.17) is 0 Å². The molecule has 0 bridgehead atoms. The lowest BCUT2D eigenvalue weighted by Gasteiger charge is -2.34. The minimum atomic E-state index is 0.235. The molecular formula is C17H15N3S. The summed E-state index contributed by atoms with van der Waals surface area (Å²) in [6.45, 7) is 0. The molecule has 2 aromatic carbocycles. The molecule has 1 aromatic heterocycles. The molecule has 0 saturated carbocycles. The maximum Gasteiger partial charge on any atom is 0.0945 e. The fourth-order valence-corrected chi connectivity index (χ4v) is 3.68. The van der Waals surface area contributed by atoms with E-state index in [1.54, 1.807) is 12.1 Å².